The largest absolute Gasteiger partial charge is 0.468 e. The molecule has 0 fully saturated rings. The summed E-state index contributed by atoms with van der Waals surface area (Å²) in [6.07, 6.45) is 6.76. The van der Waals surface area contributed by atoms with E-state index in [4.69, 9.17) is 11.2 Å². The smallest absolute Gasteiger partial charge is 0.329 e. The SMILES string of the molecule is C#CCNC(C(=O)OC)c1ncc(Br)cc1Br. The van der Waals surface area contributed by atoms with E-state index in [2.05, 4.69) is 48.1 Å². The fourth-order valence-electron chi connectivity index (χ4n) is 1.21. The van der Waals surface area contributed by atoms with E-state index in [0.717, 1.165) is 4.47 Å². The highest BCUT2D eigenvalue weighted by molar-refractivity contribution is 9.11. The number of rotatable bonds is 4. The molecule has 1 aromatic rings. The number of pyridine rings is 1. The first-order valence-corrected chi connectivity index (χ1v) is 6.24. The van der Waals surface area contributed by atoms with Crippen LogP contribution in [0.5, 0.6) is 0 Å². The molecule has 1 unspecified atom stereocenters. The highest BCUT2D eigenvalue weighted by atomic mass is 79.9. The Morgan fingerprint density at radius 1 is 1.71 bits per heavy atom. The third-order valence-electron chi connectivity index (χ3n) is 1.95. The van der Waals surface area contributed by atoms with Crippen molar-refractivity contribution in [1.82, 2.24) is 10.3 Å². The number of esters is 1. The maximum Gasteiger partial charge on any atom is 0.329 e. The van der Waals surface area contributed by atoms with E-state index in [9.17, 15) is 4.79 Å². The summed E-state index contributed by atoms with van der Waals surface area (Å²) in [7, 11) is 1.32. The molecule has 0 aliphatic carbocycles. The second-order valence-corrected chi connectivity index (χ2v) is 4.83. The molecule has 1 heterocycles. The molecule has 0 amide bonds. The van der Waals surface area contributed by atoms with Crippen molar-refractivity contribution in [3.05, 3.63) is 26.9 Å². The van der Waals surface area contributed by atoms with Gasteiger partial charge in [0.1, 0.15) is 0 Å². The first-order valence-electron chi connectivity index (χ1n) is 4.65. The molecule has 1 N–H and O–H groups in total. The van der Waals surface area contributed by atoms with E-state index >= 15 is 0 Å². The van der Waals surface area contributed by atoms with Gasteiger partial charge in [-0.3, -0.25) is 10.3 Å². The molecule has 1 aromatic heterocycles. The van der Waals surface area contributed by atoms with Gasteiger partial charge in [0.25, 0.3) is 0 Å². The number of carbonyl (C=O) groups excluding carboxylic acids is 1. The third kappa shape index (κ3) is 3.80. The van der Waals surface area contributed by atoms with Gasteiger partial charge in [-0.05, 0) is 37.9 Å². The summed E-state index contributed by atoms with van der Waals surface area (Å²) in [4.78, 5) is 15.8. The number of terminal acetylenes is 1. The zero-order valence-electron chi connectivity index (χ0n) is 9.04. The van der Waals surface area contributed by atoms with Crippen LogP contribution >= 0.6 is 31.9 Å². The molecular formula is C11H10Br2N2O2. The minimum Gasteiger partial charge on any atom is -0.468 e. The molecule has 1 atom stereocenters. The van der Waals surface area contributed by atoms with Crippen LogP contribution in [0.3, 0.4) is 0 Å². The first kappa shape index (κ1) is 14.2. The highest BCUT2D eigenvalue weighted by Gasteiger charge is 2.24. The molecule has 0 aromatic carbocycles. The number of methoxy groups -OCH3 is 1. The molecule has 0 saturated heterocycles. The maximum absolute atomic E-state index is 11.6. The van der Waals surface area contributed by atoms with Crippen LogP contribution in [-0.2, 0) is 9.53 Å². The minimum atomic E-state index is -0.682. The molecule has 6 heteroatoms. The first-order chi connectivity index (χ1) is 8.10. The lowest BCUT2D eigenvalue weighted by Crippen LogP contribution is -2.31. The summed E-state index contributed by atoms with van der Waals surface area (Å²) in [5, 5.41) is 2.88. The number of hydrogen-bond acceptors (Lipinski definition) is 4. The highest BCUT2D eigenvalue weighted by Crippen LogP contribution is 2.25. The van der Waals surface area contributed by atoms with Gasteiger partial charge in [-0.2, -0.15) is 0 Å². The molecule has 0 radical (unpaired) electrons. The summed E-state index contributed by atoms with van der Waals surface area (Å²) in [5.41, 5.74) is 0.537. The normalized spacial score (nSPS) is 11.6. The molecule has 0 spiro atoms. The number of ether oxygens (including phenoxy) is 1. The topological polar surface area (TPSA) is 51.2 Å². The Balaban J connectivity index is 3.04. The van der Waals surface area contributed by atoms with Crippen LogP contribution in [0.25, 0.3) is 0 Å². The standard InChI is InChI=1S/C11H10Br2N2O2/c1-3-4-14-10(11(16)17-2)9-8(13)5-7(12)6-15-9/h1,5-6,10,14H,4H2,2H3. The average molecular weight is 362 g/mol. The summed E-state index contributed by atoms with van der Waals surface area (Å²) in [6, 6.07) is 1.12. The van der Waals surface area contributed by atoms with Crippen LogP contribution in [0.2, 0.25) is 0 Å². The Kier molecular flexibility index (Phi) is 5.62. The Morgan fingerprint density at radius 2 is 2.41 bits per heavy atom. The molecule has 0 bridgehead atoms. The van der Waals surface area contributed by atoms with Crippen molar-refractivity contribution >= 4 is 37.8 Å². The van der Waals surface area contributed by atoms with E-state index in [0.29, 0.717) is 10.2 Å². The second kappa shape index (κ2) is 6.74. The number of nitrogens with zero attached hydrogens (tertiary/aromatic N) is 1. The van der Waals surface area contributed by atoms with Gasteiger partial charge < -0.3 is 4.74 Å². The number of aromatic nitrogens is 1. The molecule has 0 aliphatic heterocycles. The van der Waals surface area contributed by atoms with Crippen molar-refractivity contribution in [3.8, 4) is 12.3 Å². The summed E-state index contributed by atoms with van der Waals surface area (Å²) in [6.45, 7) is 0.254. The molecular weight excluding hydrogens is 352 g/mol. The Morgan fingerprint density at radius 3 is 2.94 bits per heavy atom. The molecule has 90 valence electrons. The van der Waals surface area contributed by atoms with Crippen molar-refractivity contribution in [3.63, 3.8) is 0 Å². The van der Waals surface area contributed by atoms with E-state index in [1.54, 1.807) is 12.3 Å². The molecule has 1 rings (SSSR count). The van der Waals surface area contributed by atoms with Gasteiger partial charge in [-0.25, -0.2) is 4.79 Å². The molecule has 0 aliphatic rings. The Bertz CT molecular complexity index is 457. The maximum atomic E-state index is 11.6. The van der Waals surface area contributed by atoms with E-state index in [-0.39, 0.29) is 6.54 Å². The van der Waals surface area contributed by atoms with Gasteiger partial charge in [-0.15, -0.1) is 6.42 Å². The monoisotopic (exact) mass is 360 g/mol. The summed E-state index contributed by atoms with van der Waals surface area (Å²) >= 11 is 6.64. The molecule has 17 heavy (non-hydrogen) atoms. The van der Waals surface area contributed by atoms with Crippen LogP contribution < -0.4 is 5.32 Å². The van der Waals surface area contributed by atoms with Crippen molar-refractivity contribution in [2.45, 2.75) is 6.04 Å². The van der Waals surface area contributed by atoms with Gasteiger partial charge in [0.05, 0.1) is 19.3 Å². The lowest BCUT2D eigenvalue weighted by atomic mass is 10.2. The van der Waals surface area contributed by atoms with Gasteiger partial charge in [-0.1, -0.05) is 5.92 Å². The zero-order valence-corrected chi connectivity index (χ0v) is 12.2. The quantitative estimate of drug-likeness (QED) is 0.658. The molecule has 0 saturated carbocycles. The summed E-state index contributed by atoms with van der Waals surface area (Å²) < 4.78 is 6.22. The van der Waals surface area contributed by atoms with Crippen LogP contribution in [0.1, 0.15) is 11.7 Å². The van der Waals surface area contributed by atoms with Gasteiger partial charge in [0.15, 0.2) is 6.04 Å². The number of nitrogens with one attached hydrogen (secondary N) is 1. The molecule has 4 nitrogen and oxygen atoms in total. The van der Waals surface area contributed by atoms with Crippen LogP contribution in [0.15, 0.2) is 21.2 Å². The van der Waals surface area contributed by atoms with E-state index in [1.165, 1.54) is 7.11 Å². The lowest BCUT2D eigenvalue weighted by Gasteiger charge is -2.15. The fourth-order valence-corrected chi connectivity index (χ4v) is 2.42. The van der Waals surface area contributed by atoms with Crippen molar-refractivity contribution < 1.29 is 9.53 Å². The zero-order chi connectivity index (χ0) is 12.8. The average Bonchev–Trinajstić information content (AvgIpc) is 2.31. The lowest BCUT2D eigenvalue weighted by molar-refractivity contribution is -0.143. The third-order valence-corrected chi connectivity index (χ3v) is 3.02. The van der Waals surface area contributed by atoms with Crippen LogP contribution in [-0.4, -0.2) is 24.6 Å². The van der Waals surface area contributed by atoms with Gasteiger partial charge >= 0.3 is 5.97 Å². The van der Waals surface area contributed by atoms with Crippen molar-refractivity contribution in [2.75, 3.05) is 13.7 Å². The minimum absolute atomic E-state index is 0.254. The van der Waals surface area contributed by atoms with Gasteiger partial charge in [0, 0.05) is 15.1 Å². The number of hydrogen-bond donors (Lipinski definition) is 1. The van der Waals surface area contributed by atoms with E-state index < -0.39 is 12.0 Å². The summed E-state index contributed by atoms with van der Waals surface area (Å²) in [5.74, 6) is 1.97. The van der Waals surface area contributed by atoms with Crippen molar-refractivity contribution in [2.24, 2.45) is 0 Å². The predicted molar refractivity (Wildman–Crippen MR) is 71.2 cm³/mol. The van der Waals surface area contributed by atoms with E-state index in [1.807, 2.05) is 0 Å². The van der Waals surface area contributed by atoms with Crippen LogP contribution in [0, 0.1) is 12.3 Å². The van der Waals surface area contributed by atoms with Crippen LogP contribution in [0.4, 0.5) is 0 Å². The van der Waals surface area contributed by atoms with Crippen molar-refractivity contribution in [1.29, 1.82) is 0 Å². The number of carbonyl (C=O) groups is 1. The Hall–Kier alpha value is -0.900. The Labute approximate surface area is 116 Å². The second-order valence-electron chi connectivity index (χ2n) is 3.06. The predicted octanol–water partition coefficient (Wildman–Crippen LogP) is 2.04. The fraction of sp³-hybridized carbons (Fsp3) is 0.273. The van der Waals surface area contributed by atoms with Gasteiger partial charge in [0.2, 0.25) is 0 Å². The number of halogens is 2.